The fourth-order valence-electron chi connectivity index (χ4n) is 2.95. The summed E-state index contributed by atoms with van der Waals surface area (Å²) in [5, 5.41) is 9.73. The number of hydrogen-bond acceptors (Lipinski definition) is 3. The Morgan fingerprint density at radius 3 is 2.53 bits per heavy atom. The summed E-state index contributed by atoms with van der Waals surface area (Å²) in [7, 11) is 1.61. The molecule has 0 unspecified atom stereocenters. The zero-order chi connectivity index (χ0) is 13.9. The number of carboxylic acid groups (broad SMARTS) is 1. The first-order valence-corrected chi connectivity index (χ1v) is 7.82. The minimum atomic E-state index is -0.763. The highest BCUT2D eigenvalue weighted by Crippen LogP contribution is 2.44. The average Bonchev–Trinajstić information content (AvgIpc) is 2.47. The van der Waals surface area contributed by atoms with Gasteiger partial charge in [0.15, 0.2) is 0 Å². The van der Waals surface area contributed by atoms with E-state index in [1.807, 2.05) is 24.5 Å². The molecule has 0 atom stereocenters. The van der Waals surface area contributed by atoms with Gasteiger partial charge >= 0.3 is 5.97 Å². The molecule has 0 saturated heterocycles. The number of hydrogen-bond donors (Lipinski definition) is 1. The lowest BCUT2D eigenvalue weighted by Gasteiger charge is -2.34. The largest absolute Gasteiger partial charge is 0.496 e. The van der Waals surface area contributed by atoms with Crippen molar-refractivity contribution in [2.45, 2.75) is 42.4 Å². The van der Waals surface area contributed by atoms with Crippen molar-refractivity contribution in [3.05, 3.63) is 23.8 Å². The van der Waals surface area contributed by atoms with Crippen LogP contribution in [0.25, 0.3) is 0 Å². The molecule has 1 aliphatic rings. The summed E-state index contributed by atoms with van der Waals surface area (Å²) in [5.41, 5.74) is 0.0700. The third kappa shape index (κ3) is 2.59. The fourth-order valence-corrected chi connectivity index (χ4v) is 3.38. The van der Waals surface area contributed by atoms with Gasteiger partial charge in [0.1, 0.15) is 5.75 Å². The average molecular weight is 280 g/mol. The van der Waals surface area contributed by atoms with E-state index in [0.717, 1.165) is 29.7 Å². The van der Waals surface area contributed by atoms with Gasteiger partial charge in [0.25, 0.3) is 0 Å². The Kier molecular flexibility index (Phi) is 4.40. The number of benzene rings is 1. The molecule has 1 saturated carbocycles. The second-order valence-electron chi connectivity index (χ2n) is 5.01. The van der Waals surface area contributed by atoms with Gasteiger partial charge in [-0.05, 0) is 31.2 Å². The van der Waals surface area contributed by atoms with Crippen LogP contribution in [0.4, 0.5) is 0 Å². The Balaban J connectivity index is 2.50. The van der Waals surface area contributed by atoms with Gasteiger partial charge in [0.2, 0.25) is 0 Å². The molecular weight excluding hydrogens is 260 g/mol. The Morgan fingerprint density at radius 2 is 2.00 bits per heavy atom. The van der Waals surface area contributed by atoms with Gasteiger partial charge in [-0.1, -0.05) is 25.3 Å². The second-order valence-corrected chi connectivity index (χ2v) is 5.89. The highest BCUT2D eigenvalue weighted by Gasteiger charge is 2.43. The molecule has 4 heteroatoms. The zero-order valence-electron chi connectivity index (χ0n) is 11.4. The standard InChI is InChI=1S/C15H20O3S/c1-18-13-10-11(19-2)6-7-12(13)15(14(16)17)8-4-3-5-9-15/h6-7,10H,3-5,8-9H2,1-2H3,(H,16,17). The number of rotatable bonds is 4. The number of thioether (sulfide) groups is 1. The third-order valence-electron chi connectivity index (χ3n) is 4.04. The number of carboxylic acids is 1. The maximum Gasteiger partial charge on any atom is 0.314 e. The minimum absolute atomic E-state index is 0.705. The molecule has 0 spiro atoms. The molecule has 1 aromatic carbocycles. The van der Waals surface area contributed by atoms with Crippen molar-refractivity contribution in [1.82, 2.24) is 0 Å². The Bertz CT molecular complexity index is 464. The van der Waals surface area contributed by atoms with E-state index in [-0.39, 0.29) is 0 Å². The van der Waals surface area contributed by atoms with E-state index >= 15 is 0 Å². The van der Waals surface area contributed by atoms with E-state index in [1.165, 1.54) is 0 Å². The molecule has 0 aliphatic heterocycles. The number of carbonyl (C=O) groups is 1. The van der Waals surface area contributed by atoms with Crippen LogP contribution in [0, 0.1) is 0 Å². The molecule has 1 N–H and O–H groups in total. The first kappa shape index (κ1) is 14.3. The fraction of sp³-hybridized carbons (Fsp3) is 0.533. The van der Waals surface area contributed by atoms with E-state index in [2.05, 4.69) is 0 Å². The molecule has 19 heavy (non-hydrogen) atoms. The van der Waals surface area contributed by atoms with Crippen LogP contribution >= 0.6 is 11.8 Å². The van der Waals surface area contributed by atoms with Crippen LogP contribution in [0.15, 0.2) is 23.1 Å². The van der Waals surface area contributed by atoms with Crippen molar-refractivity contribution in [2.75, 3.05) is 13.4 Å². The van der Waals surface area contributed by atoms with Crippen molar-refractivity contribution in [3.8, 4) is 5.75 Å². The molecule has 1 aliphatic carbocycles. The summed E-state index contributed by atoms with van der Waals surface area (Å²) in [5.74, 6) is -0.0152. The van der Waals surface area contributed by atoms with Crippen LogP contribution in [0.1, 0.15) is 37.7 Å². The molecule has 1 aromatic rings. The molecule has 3 nitrogen and oxygen atoms in total. The monoisotopic (exact) mass is 280 g/mol. The van der Waals surface area contributed by atoms with Crippen LogP contribution in [0.5, 0.6) is 5.75 Å². The van der Waals surface area contributed by atoms with Crippen molar-refractivity contribution in [1.29, 1.82) is 0 Å². The lowest BCUT2D eigenvalue weighted by atomic mass is 9.69. The van der Waals surface area contributed by atoms with Crippen LogP contribution in [0.3, 0.4) is 0 Å². The summed E-state index contributed by atoms with van der Waals surface area (Å²) >= 11 is 1.63. The van der Waals surface area contributed by atoms with E-state index in [4.69, 9.17) is 4.74 Å². The van der Waals surface area contributed by atoms with Gasteiger partial charge in [-0.3, -0.25) is 4.79 Å². The van der Waals surface area contributed by atoms with Crippen LogP contribution in [0.2, 0.25) is 0 Å². The number of methoxy groups -OCH3 is 1. The minimum Gasteiger partial charge on any atom is -0.496 e. The van der Waals surface area contributed by atoms with Crippen molar-refractivity contribution >= 4 is 17.7 Å². The van der Waals surface area contributed by atoms with E-state index in [9.17, 15) is 9.90 Å². The highest BCUT2D eigenvalue weighted by molar-refractivity contribution is 7.98. The van der Waals surface area contributed by atoms with Gasteiger partial charge in [-0.2, -0.15) is 0 Å². The van der Waals surface area contributed by atoms with Crippen molar-refractivity contribution in [3.63, 3.8) is 0 Å². The molecule has 0 bridgehead atoms. The maximum absolute atomic E-state index is 11.8. The Hall–Kier alpha value is -1.16. The lowest BCUT2D eigenvalue weighted by molar-refractivity contribution is -0.145. The SMILES string of the molecule is COc1cc(SC)ccc1C1(C(=O)O)CCCCC1. The van der Waals surface area contributed by atoms with Gasteiger partial charge in [0, 0.05) is 10.5 Å². The second kappa shape index (κ2) is 5.87. The molecule has 0 amide bonds. The number of aliphatic carboxylic acids is 1. The maximum atomic E-state index is 11.8. The predicted octanol–water partition coefficient (Wildman–Crippen LogP) is 3.70. The van der Waals surface area contributed by atoms with Gasteiger partial charge in [0.05, 0.1) is 12.5 Å². The number of ether oxygens (including phenoxy) is 1. The van der Waals surface area contributed by atoms with E-state index < -0.39 is 11.4 Å². The molecule has 2 rings (SSSR count). The van der Waals surface area contributed by atoms with Crippen LogP contribution < -0.4 is 4.74 Å². The first-order chi connectivity index (χ1) is 9.14. The van der Waals surface area contributed by atoms with Crippen molar-refractivity contribution in [2.24, 2.45) is 0 Å². The molecule has 104 valence electrons. The van der Waals surface area contributed by atoms with Crippen LogP contribution in [-0.4, -0.2) is 24.4 Å². The summed E-state index contributed by atoms with van der Waals surface area (Å²) in [4.78, 5) is 12.9. The smallest absolute Gasteiger partial charge is 0.314 e. The summed E-state index contributed by atoms with van der Waals surface area (Å²) in [6.45, 7) is 0. The topological polar surface area (TPSA) is 46.5 Å². The Labute approximate surface area is 118 Å². The zero-order valence-corrected chi connectivity index (χ0v) is 12.3. The summed E-state index contributed by atoms with van der Waals surface area (Å²) in [6, 6.07) is 5.87. The summed E-state index contributed by atoms with van der Waals surface area (Å²) < 4.78 is 5.44. The van der Waals surface area contributed by atoms with E-state index in [1.54, 1.807) is 18.9 Å². The molecule has 0 heterocycles. The summed E-state index contributed by atoms with van der Waals surface area (Å²) in [6.07, 6.45) is 6.48. The van der Waals surface area contributed by atoms with Gasteiger partial charge in [-0.25, -0.2) is 0 Å². The van der Waals surface area contributed by atoms with Crippen molar-refractivity contribution < 1.29 is 14.6 Å². The lowest BCUT2D eigenvalue weighted by Crippen LogP contribution is -2.38. The molecule has 0 radical (unpaired) electrons. The van der Waals surface area contributed by atoms with Gasteiger partial charge in [-0.15, -0.1) is 11.8 Å². The Morgan fingerprint density at radius 1 is 1.32 bits per heavy atom. The quantitative estimate of drug-likeness (QED) is 0.854. The first-order valence-electron chi connectivity index (χ1n) is 6.60. The van der Waals surface area contributed by atoms with E-state index in [0.29, 0.717) is 18.6 Å². The molecule has 0 aromatic heterocycles. The highest BCUT2D eigenvalue weighted by atomic mass is 32.2. The normalized spacial score (nSPS) is 18.0. The molecule has 1 fully saturated rings. The van der Waals surface area contributed by atoms with Crippen LogP contribution in [-0.2, 0) is 10.2 Å². The van der Waals surface area contributed by atoms with Gasteiger partial charge < -0.3 is 9.84 Å². The predicted molar refractivity (Wildman–Crippen MR) is 77.2 cm³/mol. The third-order valence-corrected chi connectivity index (χ3v) is 4.77. The molecular formula is C15H20O3S.